The lowest BCUT2D eigenvalue weighted by molar-refractivity contribution is -0.468. The molecule has 1 aromatic rings. The molecular formula is C19H22O5. The number of Topliss-reactive ketones (excluding diaryl/α,β-unsaturated/α-hetero) is 2. The molecule has 0 aromatic heterocycles. The van der Waals surface area contributed by atoms with Crippen molar-refractivity contribution in [1.29, 1.82) is 0 Å². The van der Waals surface area contributed by atoms with Crippen LogP contribution in [0.1, 0.15) is 40.2 Å². The van der Waals surface area contributed by atoms with Crippen LogP contribution in [0.15, 0.2) is 42.0 Å². The topological polar surface area (TPSA) is 72.8 Å². The summed E-state index contributed by atoms with van der Waals surface area (Å²) in [6.45, 7) is 8.03. The summed E-state index contributed by atoms with van der Waals surface area (Å²) in [5.41, 5.74) is -2.76. The van der Waals surface area contributed by atoms with E-state index in [2.05, 4.69) is 0 Å². The zero-order valence-electron chi connectivity index (χ0n) is 14.5. The number of rotatable bonds is 1. The minimum absolute atomic E-state index is 0.0645. The highest BCUT2D eigenvalue weighted by atomic mass is 17.2. The van der Waals surface area contributed by atoms with Gasteiger partial charge in [-0.2, -0.15) is 4.89 Å². The Morgan fingerprint density at radius 2 is 1.50 bits per heavy atom. The second kappa shape index (κ2) is 4.85. The largest absolute Gasteiger partial charge is 0.359 e. The quantitative estimate of drug-likeness (QED) is 0.633. The third-order valence-corrected chi connectivity index (χ3v) is 5.26. The molecule has 2 aliphatic rings. The van der Waals surface area contributed by atoms with Crippen LogP contribution in [0.3, 0.4) is 0 Å². The van der Waals surface area contributed by atoms with Gasteiger partial charge < -0.3 is 5.11 Å². The molecule has 5 heteroatoms. The Morgan fingerprint density at radius 3 is 2.08 bits per heavy atom. The number of benzene rings is 1. The molecule has 1 aliphatic carbocycles. The van der Waals surface area contributed by atoms with Crippen molar-refractivity contribution in [2.24, 2.45) is 10.8 Å². The van der Waals surface area contributed by atoms with E-state index in [9.17, 15) is 14.7 Å². The Hall–Kier alpha value is -1.82. The Kier molecular flexibility index (Phi) is 3.44. The zero-order chi connectivity index (χ0) is 18.0. The maximum absolute atomic E-state index is 12.9. The molecule has 1 aliphatic heterocycles. The van der Waals surface area contributed by atoms with Gasteiger partial charge in [-0.15, -0.1) is 0 Å². The average Bonchev–Trinajstić information content (AvgIpc) is 2.55. The second-order valence-corrected chi connectivity index (χ2v) is 7.75. The van der Waals surface area contributed by atoms with Gasteiger partial charge in [0.05, 0.1) is 16.4 Å². The molecule has 128 valence electrons. The molecule has 0 saturated heterocycles. The van der Waals surface area contributed by atoms with Gasteiger partial charge in [-0.05, 0) is 46.3 Å². The standard InChI is InChI=1S/C19H22O5/c1-16(2)14(20)13-11-18(5,12-9-7-6-8-10-12)23-24-19(13,22)17(3,4)15(16)21/h6-11,22H,1-5H3. The number of aliphatic hydroxyl groups is 1. The van der Waals surface area contributed by atoms with Crippen LogP contribution in [0, 0.1) is 10.8 Å². The number of hydrogen-bond donors (Lipinski definition) is 1. The molecule has 0 spiro atoms. The second-order valence-electron chi connectivity index (χ2n) is 7.75. The molecule has 3 rings (SSSR count). The number of carbonyl (C=O) groups excluding carboxylic acids is 2. The summed E-state index contributed by atoms with van der Waals surface area (Å²) in [5, 5.41) is 11.0. The predicted molar refractivity (Wildman–Crippen MR) is 86.6 cm³/mol. The fourth-order valence-electron chi connectivity index (χ4n) is 3.52. The molecule has 24 heavy (non-hydrogen) atoms. The number of ketones is 2. The first-order valence-electron chi connectivity index (χ1n) is 7.94. The molecule has 0 radical (unpaired) electrons. The molecule has 1 N–H and O–H groups in total. The predicted octanol–water partition coefficient (Wildman–Crippen LogP) is 2.68. The molecule has 1 fully saturated rings. The summed E-state index contributed by atoms with van der Waals surface area (Å²) >= 11 is 0. The summed E-state index contributed by atoms with van der Waals surface area (Å²) in [6.07, 6.45) is 1.57. The van der Waals surface area contributed by atoms with Crippen molar-refractivity contribution in [3.63, 3.8) is 0 Å². The molecule has 0 bridgehead atoms. The van der Waals surface area contributed by atoms with E-state index >= 15 is 0 Å². The first kappa shape index (κ1) is 17.0. The number of fused-ring (bicyclic) bond motifs is 1. The summed E-state index contributed by atoms with van der Waals surface area (Å²) in [4.78, 5) is 36.5. The molecular weight excluding hydrogens is 308 g/mol. The van der Waals surface area contributed by atoms with Crippen LogP contribution < -0.4 is 0 Å². The summed E-state index contributed by atoms with van der Waals surface area (Å²) in [7, 11) is 0. The molecule has 2 unspecified atom stereocenters. The Labute approximate surface area is 141 Å². The van der Waals surface area contributed by atoms with Crippen molar-refractivity contribution in [3.8, 4) is 0 Å². The van der Waals surface area contributed by atoms with E-state index in [-0.39, 0.29) is 11.4 Å². The van der Waals surface area contributed by atoms with E-state index in [1.165, 1.54) is 0 Å². The first-order valence-corrected chi connectivity index (χ1v) is 7.94. The highest BCUT2D eigenvalue weighted by molar-refractivity contribution is 6.19. The van der Waals surface area contributed by atoms with Crippen LogP contribution in [0.4, 0.5) is 0 Å². The molecule has 1 saturated carbocycles. The Bertz CT molecular complexity index is 746. The highest BCUT2D eigenvalue weighted by Crippen LogP contribution is 2.54. The van der Waals surface area contributed by atoms with Crippen LogP contribution >= 0.6 is 0 Å². The molecule has 0 amide bonds. The smallest absolute Gasteiger partial charge is 0.240 e. The van der Waals surface area contributed by atoms with E-state index in [4.69, 9.17) is 9.78 Å². The Morgan fingerprint density at radius 1 is 0.917 bits per heavy atom. The maximum atomic E-state index is 12.9. The minimum Gasteiger partial charge on any atom is -0.359 e. The minimum atomic E-state index is -2.11. The van der Waals surface area contributed by atoms with E-state index < -0.39 is 28.0 Å². The monoisotopic (exact) mass is 330 g/mol. The van der Waals surface area contributed by atoms with Gasteiger partial charge in [0, 0.05) is 0 Å². The van der Waals surface area contributed by atoms with Gasteiger partial charge in [-0.1, -0.05) is 30.3 Å². The average molecular weight is 330 g/mol. The lowest BCUT2D eigenvalue weighted by atomic mass is 9.57. The summed E-state index contributed by atoms with van der Waals surface area (Å²) in [5.74, 6) is -2.93. The van der Waals surface area contributed by atoms with Crippen molar-refractivity contribution in [2.75, 3.05) is 0 Å². The fraction of sp³-hybridized carbons (Fsp3) is 0.474. The maximum Gasteiger partial charge on any atom is 0.240 e. The van der Waals surface area contributed by atoms with Crippen molar-refractivity contribution in [2.45, 2.75) is 46.0 Å². The van der Waals surface area contributed by atoms with Gasteiger partial charge in [0.25, 0.3) is 0 Å². The van der Waals surface area contributed by atoms with E-state index in [1.54, 1.807) is 40.7 Å². The van der Waals surface area contributed by atoms with E-state index in [0.717, 1.165) is 5.56 Å². The summed E-state index contributed by atoms with van der Waals surface area (Å²) < 4.78 is 0. The number of carbonyl (C=O) groups is 2. The summed E-state index contributed by atoms with van der Waals surface area (Å²) in [6, 6.07) is 9.27. The lowest BCUT2D eigenvalue weighted by Gasteiger charge is -2.52. The highest BCUT2D eigenvalue weighted by Gasteiger charge is 2.67. The van der Waals surface area contributed by atoms with Gasteiger partial charge >= 0.3 is 0 Å². The third kappa shape index (κ3) is 1.98. The zero-order valence-corrected chi connectivity index (χ0v) is 14.5. The van der Waals surface area contributed by atoms with Crippen LogP contribution in [0.2, 0.25) is 0 Å². The lowest BCUT2D eigenvalue weighted by Crippen LogP contribution is -2.66. The van der Waals surface area contributed by atoms with Gasteiger partial charge in [0.15, 0.2) is 11.6 Å². The molecule has 1 aromatic carbocycles. The van der Waals surface area contributed by atoms with E-state index in [0.29, 0.717) is 0 Å². The SMILES string of the molecule is CC1(C)C(=O)C2=CC(C)(c3ccccc3)OOC2(O)C(C)(C)C1=O. The fourth-order valence-corrected chi connectivity index (χ4v) is 3.52. The van der Waals surface area contributed by atoms with Crippen molar-refractivity contribution in [1.82, 2.24) is 0 Å². The number of hydrogen-bond acceptors (Lipinski definition) is 5. The molecule has 5 nitrogen and oxygen atoms in total. The molecule has 1 heterocycles. The third-order valence-electron chi connectivity index (χ3n) is 5.26. The van der Waals surface area contributed by atoms with Crippen molar-refractivity contribution < 1.29 is 24.5 Å². The van der Waals surface area contributed by atoms with Gasteiger partial charge in [-0.25, -0.2) is 4.89 Å². The van der Waals surface area contributed by atoms with Gasteiger partial charge in [0.1, 0.15) is 5.60 Å². The van der Waals surface area contributed by atoms with Gasteiger partial charge in [0.2, 0.25) is 5.79 Å². The van der Waals surface area contributed by atoms with Crippen LogP contribution in [0.5, 0.6) is 0 Å². The van der Waals surface area contributed by atoms with E-state index in [1.807, 2.05) is 30.3 Å². The van der Waals surface area contributed by atoms with Crippen LogP contribution in [-0.4, -0.2) is 22.5 Å². The van der Waals surface area contributed by atoms with Crippen LogP contribution in [-0.2, 0) is 25.0 Å². The van der Waals surface area contributed by atoms with Gasteiger partial charge in [-0.3, -0.25) is 9.59 Å². The first-order chi connectivity index (χ1) is 11.0. The normalized spacial score (nSPS) is 34.5. The van der Waals surface area contributed by atoms with Crippen molar-refractivity contribution in [3.05, 3.63) is 47.5 Å². The van der Waals surface area contributed by atoms with Crippen LogP contribution in [0.25, 0.3) is 0 Å². The Balaban J connectivity index is 2.21. The molecule has 2 atom stereocenters. The van der Waals surface area contributed by atoms with Crippen molar-refractivity contribution >= 4 is 11.6 Å².